The third-order valence-corrected chi connectivity index (χ3v) is 0.565. The lowest BCUT2D eigenvalue weighted by molar-refractivity contribution is 0.407. The summed E-state index contributed by atoms with van der Waals surface area (Å²) in [6.45, 7) is 0. The van der Waals surface area contributed by atoms with Crippen molar-refractivity contribution in [1.82, 2.24) is 9.97 Å². The zero-order chi connectivity index (χ0) is 5.98. The van der Waals surface area contributed by atoms with E-state index >= 15 is 0 Å². The Morgan fingerprint density at radius 2 is 2.25 bits per heavy atom. The van der Waals surface area contributed by atoms with Gasteiger partial charge in [0.2, 0.25) is 11.8 Å². The lowest BCUT2D eigenvalue weighted by Gasteiger charge is -1.86. The maximum Gasteiger partial charge on any atom is 0.243 e. The van der Waals surface area contributed by atoms with Crippen LogP contribution in [0.1, 0.15) is 0 Å². The van der Waals surface area contributed by atoms with Crippen molar-refractivity contribution in [3.63, 3.8) is 0 Å². The van der Waals surface area contributed by atoms with E-state index < -0.39 is 5.88 Å². The smallest absolute Gasteiger partial charge is 0.243 e. The van der Waals surface area contributed by atoms with Crippen molar-refractivity contribution in [3.05, 3.63) is 12.4 Å². The van der Waals surface area contributed by atoms with Crippen molar-refractivity contribution in [1.29, 1.82) is 0 Å². The van der Waals surface area contributed by atoms with Crippen LogP contribution in [0.15, 0.2) is 6.20 Å². The normalized spacial score (nSPS) is 9.00. The van der Waals surface area contributed by atoms with Crippen LogP contribution in [0.5, 0.6) is 11.8 Å². The van der Waals surface area contributed by atoms with Crippen LogP contribution in [0.3, 0.4) is 0 Å². The second-order valence-electron chi connectivity index (χ2n) is 1.16. The van der Waals surface area contributed by atoms with Gasteiger partial charge in [-0.2, -0.15) is 4.98 Å². The molecule has 0 unspecified atom stereocenters. The topological polar surface area (TPSA) is 66.2 Å². The van der Waals surface area contributed by atoms with Crippen LogP contribution in [0.25, 0.3) is 0 Å². The van der Waals surface area contributed by atoms with Crippen molar-refractivity contribution < 1.29 is 10.2 Å². The highest BCUT2D eigenvalue weighted by molar-refractivity contribution is 5.07. The van der Waals surface area contributed by atoms with Gasteiger partial charge in [0.15, 0.2) is 6.20 Å². The molecule has 1 heterocycles. The summed E-state index contributed by atoms with van der Waals surface area (Å²) >= 11 is 0. The monoisotopic (exact) mass is 111 g/mol. The molecule has 0 saturated heterocycles. The molecular weight excluding hydrogens is 108 g/mol. The van der Waals surface area contributed by atoms with Crippen molar-refractivity contribution in [3.8, 4) is 11.8 Å². The van der Waals surface area contributed by atoms with E-state index in [-0.39, 0.29) is 5.88 Å². The lowest BCUT2D eigenvalue weighted by Crippen LogP contribution is -1.76. The minimum absolute atomic E-state index is 0.304. The predicted octanol–water partition coefficient (Wildman–Crippen LogP) is -0.312. The molecule has 0 fully saturated rings. The minimum Gasteiger partial charge on any atom is -0.492 e. The average molecular weight is 111 g/mol. The Morgan fingerprint density at radius 3 is 2.62 bits per heavy atom. The first-order chi connectivity index (χ1) is 3.79. The SMILES string of the molecule is Oc1[c]ncc(O)n1. The fourth-order valence-electron chi connectivity index (χ4n) is 0.310. The summed E-state index contributed by atoms with van der Waals surface area (Å²) in [6.07, 6.45) is 3.19. The van der Waals surface area contributed by atoms with Gasteiger partial charge in [-0.3, -0.25) is 0 Å². The molecule has 1 rings (SSSR count). The van der Waals surface area contributed by atoms with Crippen LogP contribution in [-0.2, 0) is 0 Å². The highest BCUT2D eigenvalue weighted by Gasteiger charge is 1.89. The zero-order valence-electron chi connectivity index (χ0n) is 3.87. The molecule has 0 atom stereocenters. The van der Waals surface area contributed by atoms with E-state index in [0.717, 1.165) is 6.20 Å². The second kappa shape index (κ2) is 1.65. The maximum absolute atomic E-state index is 8.46. The molecule has 0 amide bonds. The number of hydrogen-bond donors (Lipinski definition) is 2. The van der Waals surface area contributed by atoms with Crippen molar-refractivity contribution >= 4 is 0 Å². The molecule has 1 aromatic heterocycles. The Hall–Kier alpha value is -1.32. The number of hydrogen-bond acceptors (Lipinski definition) is 4. The van der Waals surface area contributed by atoms with Crippen LogP contribution in [-0.4, -0.2) is 20.2 Å². The Bertz CT molecular complexity index is 172. The van der Waals surface area contributed by atoms with Gasteiger partial charge in [0.05, 0.1) is 6.20 Å². The molecule has 0 aliphatic carbocycles. The fourth-order valence-corrected chi connectivity index (χ4v) is 0.310. The van der Waals surface area contributed by atoms with Crippen molar-refractivity contribution in [2.45, 2.75) is 0 Å². The summed E-state index contributed by atoms with van der Waals surface area (Å²) in [5, 5.41) is 16.9. The molecule has 0 aliphatic rings. The highest BCUT2D eigenvalue weighted by Crippen LogP contribution is 2.04. The number of aromatic nitrogens is 2. The molecule has 8 heavy (non-hydrogen) atoms. The van der Waals surface area contributed by atoms with Crippen LogP contribution in [0.2, 0.25) is 0 Å². The van der Waals surface area contributed by atoms with Gasteiger partial charge >= 0.3 is 0 Å². The van der Waals surface area contributed by atoms with Crippen LogP contribution in [0, 0.1) is 6.20 Å². The van der Waals surface area contributed by atoms with Gasteiger partial charge in [0.1, 0.15) is 0 Å². The molecule has 0 bridgehead atoms. The predicted molar refractivity (Wildman–Crippen MR) is 24.2 cm³/mol. The molecule has 0 spiro atoms. The molecule has 41 valence electrons. The standard InChI is InChI=1S/C4H3N2O2/c7-3-1-5-2-4(8)6-3/h1H,(H2,6,7,8). The van der Waals surface area contributed by atoms with E-state index in [1.165, 1.54) is 0 Å². The van der Waals surface area contributed by atoms with Gasteiger partial charge in [-0.05, 0) is 0 Å². The van der Waals surface area contributed by atoms with Gasteiger partial charge in [-0.25, -0.2) is 4.98 Å². The van der Waals surface area contributed by atoms with E-state index in [9.17, 15) is 0 Å². The average Bonchev–Trinajstić information content (AvgIpc) is 1.64. The summed E-state index contributed by atoms with van der Waals surface area (Å²) in [7, 11) is 0. The summed E-state index contributed by atoms with van der Waals surface area (Å²) in [6, 6.07) is 0. The molecule has 0 aromatic carbocycles. The summed E-state index contributed by atoms with van der Waals surface area (Å²) in [5.41, 5.74) is 0. The van der Waals surface area contributed by atoms with Gasteiger partial charge < -0.3 is 10.2 Å². The third-order valence-electron chi connectivity index (χ3n) is 0.565. The number of rotatable bonds is 0. The molecule has 0 saturated carbocycles. The quantitative estimate of drug-likeness (QED) is 0.481. The van der Waals surface area contributed by atoms with Crippen LogP contribution >= 0.6 is 0 Å². The zero-order valence-corrected chi connectivity index (χ0v) is 3.87. The number of aromatic hydroxyl groups is 2. The van der Waals surface area contributed by atoms with Gasteiger partial charge in [-0.1, -0.05) is 0 Å². The molecule has 4 heteroatoms. The highest BCUT2D eigenvalue weighted by atomic mass is 16.3. The van der Waals surface area contributed by atoms with Gasteiger partial charge in [0, 0.05) is 0 Å². The Morgan fingerprint density at radius 1 is 1.50 bits per heavy atom. The Labute approximate surface area is 45.5 Å². The molecule has 4 nitrogen and oxygen atoms in total. The molecule has 0 aliphatic heterocycles. The summed E-state index contributed by atoms with van der Waals surface area (Å²) in [5.74, 6) is -0.703. The van der Waals surface area contributed by atoms with Crippen molar-refractivity contribution in [2.24, 2.45) is 0 Å². The molecular formula is C4H3N2O2. The van der Waals surface area contributed by atoms with Gasteiger partial charge in [-0.15, -0.1) is 0 Å². The molecule has 2 N–H and O–H groups in total. The summed E-state index contributed by atoms with van der Waals surface area (Å²) in [4.78, 5) is 6.46. The summed E-state index contributed by atoms with van der Waals surface area (Å²) < 4.78 is 0. The first kappa shape index (κ1) is 4.83. The third kappa shape index (κ3) is 0.841. The largest absolute Gasteiger partial charge is 0.492 e. The fraction of sp³-hybridized carbons (Fsp3) is 0. The second-order valence-corrected chi connectivity index (χ2v) is 1.16. The first-order valence-corrected chi connectivity index (χ1v) is 1.91. The number of nitrogens with zero attached hydrogens (tertiary/aromatic N) is 2. The Balaban J connectivity index is 3.08. The molecule has 1 aromatic rings. The van der Waals surface area contributed by atoms with E-state index in [2.05, 4.69) is 16.2 Å². The van der Waals surface area contributed by atoms with E-state index in [4.69, 9.17) is 10.2 Å². The van der Waals surface area contributed by atoms with E-state index in [1.807, 2.05) is 0 Å². The molecule has 1 radical (unpaired) electrons. The van der Waals surface area contributed by atoms with Crippen LogP contribution < -0.4 is 0 Å². The van der Waals surface area contributed by atoms with Crippen molar-refractivity contribution in [2.75, 3.05) is 0 Å². The van der Waals surface area contributed by atoms with Gasteiger partial charge in [0.25, 0.3) is 0 Å². The van der Waals surface area contributed by atoms with E-state index in [0.29, 0.717) is 0 Å². The van der Waals surface area contributed by atoms with E-state index in [1.54, 1.807) is 0 Å². The maximum atomic E-state index is 8.46. The Kier molecular flexibility index (Phi) is 0.997. The minimum atomic E-state index is -0.398. The van der Waals surface area contributed by atoms with Crippen LogP contribution in [0.4, 0.5) is 0 Å². The lowest BCUT2D eigenvalue weighted by atomic mass is 10.7. The first-order valence-electron chi connectivity index (χ1n) is 1.91.